The molecule has 0 unspecified atom stereocenters. The van der Waals surface area contributed by atoms with Gasteiger partial charge >= 0.3 is 0 Å². The minimum Gasteiger partial charge on any atom is -0.497 e. The molecule has 5 nitrogen and oxygen atoms in total. The highest BCUT2D eigenvalue weighted by atomic mass is 16.5. The molecule has 3 aromatic rings. The monoisotopic (exact) mass is 374 g/mol. The zero-order valence-corrected chi connectivity index (χ0v) is 16.5. The average Bonchev–Trinajstić information content (AvgIpc) is 2.73. The lowest BCUT2D eigenvalue weighted by Gasteiger charge is -2.29. The van der Waals surface area contributed by atoms with Gasteiger partial charge in [0.25, 0.3) is 0 Å². The number of nitrogens with zero attached hydrogens (tertiary/aromatic N) is 3. The second-order valence-corrected chi connectivity index (χ2v) is 7.16. The molecule has 0 amide bonds. The van der Waals surface area contributed by atoms with Crippen LogP contribution in [-0.4, -0.2) is 30.2 Å². The van der Waals surface area contributed by atoms with Crippen LogP contribution in [0.2, 0.25) is 0 Å². The molecule has 1 aliphatic rings. The Hall–Kier alpha value is -3.08. The molecule has 0 saturated carbocycles. The fourth-order valence-corrected chi connectivity index (χ4v) is 3.61. The number of aryl methyl sites for hydroxylation is 1. The Kier molecular flexibility index (Phi) is 5.42. The normalized spacial score (nSPS) is 13.1. The van der Waals surface area contributed by atoms with E-state index in [4.69, 9.17) is 9.72 Å². The van der Waals surface area contributed by atoms with Crippen LogP contribution >= 0.6 is 0 Å². The molecule has 4 rings (SSSR count). The van der Waals surface area contributed by atoms with Gasteiger partial charge in [-0.2, -0.15) is 4.98 Å². The second kappa shape index (κ2) is 8.30. The van der Waals surface area contributed by atoms with Crippen molar-refractivity contribution in [1.82, 2.24) is 9.97 Å². The lowest BCUT2D eigenvalue weighted by Crippen LogP contribution is -2.32. The number of rotatable bonds is 6. The maximum absolute atomic E-state index is 5.30. The van der Waals surface area contributed by atoms with Crippen molar-refractivity contribution in [3.05, 3.63) is 77.0 Å². The number of hydrogen-bond acceptors (Lipinski definition) is 5. The molecule has 1 aromatic heterocycles. The van der Waals surface area contributed by atoms with Crippen LogP contribution in [0.4, 0.5) is 11.8 Å². The van der Waals surface area contributed by atoms with Gasteiger partial charge in [-0.3, -0.25) is 0 Å². The van der Waals surface area contributed by atoms with E-state index in [0.29, 0.717) is 0 Å². The molecule has 0 saturated heterocycles. The number of benzene rings is 2. The van der Waals surface area contributed by atoms with Crippen LogP contribution in [0.1, 0.15) is 22.4 Å². The second-order valence-electron chi connectivity index (χ2n) is 7.16. The van der Waals surface area contributed by atoms with Gasteiger partial charge in [0.15, 0.2) is 0 Å². The highest BCUT2D eigenvalue weighted by Gasteiger charge is 2.18. The minimum absolute atomic E-state index is 0.804. The maximum Gasteiger partial charge on any atom is 0.227 e. The summed E-state index contributed by atoms with van der Waals surface area (Å²) in [5.74, 6) is 2.57. The smallest absolute Gasteiger partial charge is 0.227 e. The van der Waals surface area contributed by atoms with Crippen LogP contribution in [0.3, 0.4) is 0 Å². The Labute approximate surface area is 166 Å². The summed E-state index contributed by atoms with van der Waals surface area (Å²) in [5, 5.41) is 3.45. The summed E-state index contributed by atoms with van der Waals surface area (Å²) >= 11 is 0. The Bertz CT molecular complexity index is 957. The summed E-state index contributed by atoms with van der Waals surface area (Å²) in [7, 11) is 1.70. The average molecular weight is 374 g/mol. The lowest BCUT2D eigenvalue weighted by atomic mass is 10.0. The molecule has 1 aliphatic heterocycles. The molecule has 1 N–H and O–H groups in total. The van der Waals surface area contributed by atoms with E-state index in [2.05, 4.69) is 51.6 Å². The van der Waals surface area contributed by atoms with Crippen LogP contribution in [0.25, 0.3) is 0 Å². The van der Waals surface area contributed by atoms with Crippen molar-refractivity contribution in [1.29, 1.82) is 0 Å². The first-order valence-electron chi connectivity index (χ1n) is 9.75. The largest absolute Gasteiger partial charge is 0.497 e. The van der Waals surface area contributed by atoms with Crippen molar-refractivity contribution >= 4 is 11.8 Å². The minimum atomic E-state index is 0.804. The number of anilines is 2. The van der Waals surface area contributed by atoms with E-state index in [0.717, 1.165) is 55.7 Å². The van der Waals surface area contributed by atoms with Crippen LogP contribution in [0.5, 0.6) is 5.75 Å². The van der Waals surface area contributed by atoms with Gasteiger partial charge in [-0.1, -0.05) is 36.4 Å². The third-order valence-electron chi connectivity index (χ3n) is 5.11. The summed E-state index contributed by atoms with van der Waals surface area (Å²) in [6.07, 6.45) is 1.94. The summed E-state index contributed by atoms with van der Waals surface area (Å²) < 4.78 is 5.30. The molecule has 0 fully saturated rings. The number of aromatic nitrogens is 2. The molecule has 144 valence electrons. The topological polar surface area (TPSA) is 50.3 Å². The Balaban J connectivity index is 1.42. The first-order chi connectivity index (χ1) is 13.7. The van der Waals surface area contributed by atoms with Crippen molar-refractivity contribution in [2.75, 3.05) is 30.4 Å². The van der Waals surface area contributed by atoms with Crippen LogP contribution in [-0.2, 0) is 19.4 Å². The van der Waals surface area contributed by atoms with Crippen LogP contribution in [0, 0.1) is 6.92 Å². The molecule has 0 atom stereocenters. The van der Waals surface area contributed by atoms with Gasteiger partial charge in [-0.25, -0.2) is 4.98 Å². The Morgan fingerprint density at radius 2 is 1.89 bits per heavy atom. The van der Waals surface area contributed by atoms with Gasteiger partial charge < -0.3 is 15.0 Å². The first kappa shape index (κ1) is 18.3. The number of ether oxygens (including phenoxy) is 1. The van der Waals surface area contributed by atoms with Crippen LogP contribution < -0.4 is 15.0 Å². The van der Waals surface area contributed by atoms with Crippen molar-refractivity contribution < 1.29 is 4.74 Å². The van der Waals surface area contributed by atoms with Gasteiger partial charge in [0.1, 0.15) is 11.6 Å². The summed E-state index contributed by atoms with van der Waals surface area (Å²) in [6, 6.07) is 18.8. The van der Waals surface area contributed by atoms with Gasteiger partial charge in [0, 0.05) is 31.4 Å². The number of fused-ring (bicyclic) bond motifs is 1. The standard InChI is InChI=1S/C23H26N4O/c1-17-14-22(24-12-10-18-6-5-9-21(15-18)28-2)26-23(25-17)27-13-11-19-7-3-4-8-20(19)16-27/h3-9,14-15H,10-13,16H2,1-2H3,(H,24,25,26). The number of hydrogen-bond donors (Lipinski definition) is 1. The zero-order valence-electron chi connectivity index (χ0n) is 16.5. The predicted octanol–water partition coefficient (Wildman–Crippen LogP) is 4.01. The van der Waals surface area contributed by atoms with E-state index in [1.807, 2.05) is 25.1 Å². The van der Waals surface area contributed by atoms with E-state index in [9.17, 15) is 0 Å². The Morgan fingerprint density at radius 1 is 1.04 bits per heavy atom. The Morgan fingerprint density at radius 3 is 2.75 bits per heavy atom. The zero-order chi connectivity index (χ0) is 19.3. The molecule has 0 radical (unpaired) electrons. The van der Waals surface area contributed by atoms with E-state index in [-0.39, 0.29) is 0 Å². The summed E-state index contributed by atoms with van der Waals surface area (Å²) in [6.45, 7) is 4.65. The fourth-order valence-electron chi connectivity index (χ4n) is 3.61. The molecule has 2 aromatic carbocycles. The van der Waals surface area contributed by atoms with E-state index in [1.165, 1.54) is 16.7 Å². The molecular weight excluding hydrogens is 348 g/mol. The van der Waals surface area contributed by atoms with E-state index >= 15 is 0 Å². The van der Waals surface area contributed by atoms with Crippen molar-refractivity contribution in [3.63, 3.8) is 0 Å². The van der Waals surface area contributed by atoms with Gasteiger partial charge in [-0.05, 0) is 48.6 Å². The van der Waals surface area contributed by atoms with Crippen LogP contribution in [0.15, 0.2) is 54.6 Å². The maximum atomic E-state index is 5.30. The molecule has 5 heteroatoms. The lowest BCUT2D eigenvalue weighted by molar-refractivity contribution is 0.414. The molecule has 2 heterocycles. The molecule has 0 bridgehead atoms. The van der Waals surface area contributed by atoms with Gasteiger partial charge in [0.05, 0.1) is 7.11 Å². The molecule has 0 aliphatic carbocycles. The molecule has 0 spiro atoms. The number of methoxy groups -OCH3 is 1. The highest BCUT2D eigenvalue weighted by molar-refractivity contribution is 5.46. The fraction of sp³-hybridized carbons (Fsp3) is 0.304. The number of nitrogens with one attached hydrogen (secondary N) is 1. The summed E-state index contributed by atoms with van der Waals surface area (Å²) in [5.41, 5.74) is 5.02. The molecular formula is C23H26N4O. The summed E-state index contributed by atoms with van der Waals surface area (Å²) in [4.78, 5) is 11.7. The van der Waals surface area contributed by atoms with Gasteiger partial charge in [-0.15, -0.1) is 0 Å². The van der Waals surface area contributed by atoms with E-state index < -0.39 is 0 Å². The first-order valence-corrected chi connectivity index (χ1v) is 9.75. The highest BCUT2D eigenvalue weighted by Crippen LogP contribution is 2.23. The third kappa shape index (κ3) is 4.25. The molecule has 28 heavy (non-hydrogen) atoms. The predicted molar refractivity (Wildman–Crippen MR) is 113 cm³/mol. The van der Waals surface area contributed by atoms with Crippen molar-refractivity contribution in [2.45, 2.75) is 26.3 Å². The van der Waals surface area contributed by atoms with Gasteiger partial charge in [0.2, 0.25) is 5.95 Å². The quantitative estimate of drug-likeness (QED) is 0.706. The van der Waals surface area contributed by atoms with Crippen molar-refractivity contribution in [3.8, 4) is 5.75 Å². The SMILES string of the molecule is COc1cccc(CCNc2cc(C)nc(N3CCc4ccccc4C3)n2)c1. The van der Waals surface area contributed by atoms with E-state index in [1.54, 1.807) is 7.11 Å². The van der Waals surface area contributed by atoms with Crippen molar-refractivity contribution in [2.24, 2.45) is 0 Å². The third-order valence-corrected chi connectivity index (χ3v) is 5.11.